The first-order chi connectivity index (χ1) is 10.2. The van der Waals surface area contributed by atoms with E-state index in [0.29, 0.717) is 6.42 Å². The average Bonchev–Trinajstić information content (AvgIpc) is 2.95. The Hall–Kier alpha value is -2.17. The van der Waals surface area contributed by atoms with Gasteiger partial charge in [-0.05, 0) is 48.9 Å². The zero-order chi connectivity index (χ0) is 14.8. The number of hydrogen-bond donors (Lipinski definition) is 1. The van der Waals surface area contributed by atoms with E-state index in [2.05, 4.69) is 22.7 Å². The number of amides is 1. The van der Waals surface area contributed by atoms with Gasteiger partial charge in [0.25, 0.3) is 5.91 Å². The predicted molar refractivity (Wildman–Crippen MR) is 77.9 cm³/mol. The molecule has 1 unspecified atom stereocenters. The molecule has 1 aliphatic heterocycles. The number of nitrogens with zero attached hydrogens (tertiary/aromatic N) is 1. The van der Waals surface area contributed by atoms with Crippen molar-refractivity contribution in [3.63, 3.8) is 0 Å². The number of benzene rings is 1. The quantitative estimate of drug-likeness (QED) is 0.677. The molecule has 2 aliphatic rings. The monoisotopic (exact) mass is 286 g/mol. The van der Waals surface area contributed by atoms with Gasteiger partial charge in [-0.1, -0.05) is 12.1 Å². The van der Waals surface area contributed by atoms with Gasteiger partial charge in [0.05, 0.1) is 12.3 Å². The first-order valence-corrected chi connectivity index (χ1v) is 7.34. The number of hydrazone groups is 1. The Morgan fingerprint density at radius 3 is 3.00 bits per heavy atom. The summed E-state index contributed by atoms with van der Waals surface area (Å²) in [6, 6.07) is 6.26. The van der Waals surface area contributed by atoms with Crippen molar-refractivity contribution in [1.82, 2.24) is 5.43 Å². The van der Waals surface area contributed by atoms with E-state index >= 15 is 0 Å². The number of ether oxygens (including phenoxy) is 1. The summed E-state index contributed by atoms with van der Waals surface area (Å²) in [7, 11) is 0. The van der Waals surface area contributed by atoms with Crippen LogP contribution in [-0.2, 0) is 27.2 Å². The molecule has 0 saturated heterocycles. The zero-order valence-electron chi connectivity index (χ0n) is 12.0. The van der Waals surface area contributed by atoms with Gasteiger partial charge in [-0.3, -0.25) is 9.59 Å². The number of fused-ring (bicyclic) bond motifs is 1. The molecule has 0 bridgehead atoms. The molecule has 5 nitrogen and oxygen atoms in total. The molecular weight excluding hydrogens is 268 g/mol. The first kappa shape index (κ1) is 13.8. The maximum atomic E-state index is 11.8. The number of carbonyl (C=O) groups excluding carboxylic acids is 2. The van der Waals surface area contributed by atoms with Crippen molar-refractivity contribution in [3.05, 3.63) is 34.9 Å². The number of nitrogens with one attached hydrogen (secondary N) is 1. The largest absolute Gasteiger partial charge is 0.465 e. The molecule has 1 atom stereocenters. The van der Waals surface area contributed by atoms with Crippen LogP contribution < -0.4 is 5.43 Å². The Balaban J connectivity index is 1.83. The molecule has 110 valence electrons. The lowest BCUT2D eigenvalue weighted by Crippen LogP contribution is -2.40. The van der Waals surface area contributed by atoms with Crippen molar-refractivity contribution in [2.45, 2.75) is 32.6 Å². The maximum absolute atomic E-state index is 11.8. The fourth-order valence-corrected chi connectivity index (χ4v) is 2.90. The van der Waals surface area contributed by atoms with E-state index in [4.69, 9.17) is 4.74 Å². The van der Waals surface area contributed by atoms with Gasteiger partial charge < -0.3 is 4.74 Å². The van der Waals surface area contributed by atoms with Crippen molar-refractivity contribution >= 4 is 17.6 Å². The van der Waals surface area contributed by atoms with Gasteiger partial charge >= 0.3 is 5.97 Å². The van der Waals surface area contributed by atoms with Crippen LogP contribution in [0.3, 0.4) is 0 Å². The summed E-state index contributed by atoms with van der Waals surface area (Å²) in [5.74, 6) is -1.67. The smallest absolute Gasteiger partial charge is 0.318 e. The predicted octanol–water partition coefficient (Wildman–Crippen LogP) is 1.58. The SMILES string of the molecule is CCOC(=O)C1CC(c2ccc3c(c2)CCC3)=NNC1=O. The minimum atomic E-state index is -0.800. The minimum Gasteiger partial charge on any atom is -0.465 e. The van der Waals surface area contributed by atoms with Gasteiger partial charge in [-0.15, -0.1) is 0 Å². The summed E-state index contributed by atoms with van der Waals surface area (Å²) in [5.41, 5.74) is 6.89. The van der Waals surface area contributed by atoms with Crippen molar-refractivity contribution in [2.24, 2.45) is 11.0 Å². The van der Waals surface area contributed by atoms with Crippen molar-refractivity contribution in [2.75, 3.05) is 6.61 Å². The van der Waals surface area contributed by atoms with E-state index in [1.54, 1.807) is 6.92 Å². The molecule has 0 aromatic heterocycles. The third-order valence-electron chi connectivity index (χ3n) is 4.02. The van der Waals surface area contributed by atoms with Crippen LogP contribution in [0.1, 0.15) is 36.5 Å². The standard InChI is InChI=1S/C16H18N2O3/c1-2-21-16(20)13-9-14(17-18-15(13)19)12-7-6-10-4-3-5-11(10)8-12/h6-8,13H,2-5,9H2,1H3,(H,18,19). The van der Waals surface area contributed by atoms with E-state index in [-0.39, 0.29) is 6.61 Å². The summed E-state index contributed by atoms with van der Waals surface area (Å²) < 4.78 is 4.96. The molecule has 0 spiro atoms. The van der Waals surface area contributed by atoms with Crippen LogP contribution in [0.15, 0.2) is 23.3 Å². The highest BCUT2D eigenvalue weighted by Gasteiger charge is 2.33. The highest BCUT2D eigenvalue weighted by Crippen LogP contribution is 2.25. The topological polar surface area (TPSA) is 67.8 Å². The Morgan fingerprint density at radius 1 is 1.38 bits per heavy atom. The fraction of sp³-hybridized carbons (Fsp3) is 0.438. The van der Waals surface area contributed by atoms with E-state index in [9.17, 15) is 9.59 Å². The van der Waals surface area contributed by atoms with Gasteiger partial charge in [0, 0.05) is 6.42 Å². The molecule has 1 aromatic rings. The van der Waals surface area contributed by atoms with Gasteiger partial charge in [-0.25, -0.2) is 5.43 Å². The van der Waals surface area contributed by atoms with Gasteiger partial charge in [-0.2, -0.15) is 5.10 Å². The van der Waals surface area contributed by atoms with Crippen LogP contribution in [0.4, 0.5) is 0 Å². The molecule has 1 heterocycles. The number of hydrogen-bond acceptors (Lipinski definition) is 4. The number of esters is 1. The second-order valence-electron chi connectivity index (χ2n) is 5.38. The lowest BCUT2D eigenvalue weighted by molar-refractivity contribution is -0.152. The van der Waals surface area contributed by atoms with E-state index in [1.165, 1.54) is 17.5 Å². The highest BCUT2D eigenvalue weighted by atomic mass is 16.5. The summed E-state index contributed by atoms with van der Waals surface area (Å²) >= 11 is 0. The van der Waals surface area contributed by atoms with Crippen molar-refractivity contribution in [3.8, 4) is 0 Å². The van der Waals surface area contributed by atoms with E-state index < -0.39 is 17.8 Å². The molecule has 21 heavy (non-hydrogen) atoms. The summed E-state index contributed by atoms with van der Waals surface area (Å²) in [6.45, 7) is 2.00. The third-order valence-corrected chi connectivity index (χ3v) is 4.02. The number of aryl methyl sites for hydroxylation is 2. The molecule has 0 saturated carbocycles. The Labute approximate surface area is 123 Å². The zero-order valence-corrected chi connectivity index (χ0v) is 12.0. The molecule has 3 rings (SSSR count). The molecule has 1 N–H and O–H groups in total. The van der Waals surface area contributed by atoms with Crippen LogP contribution in [0.5, 0.6) is 0 Å². The molecule has 1 aliphatic carbocycles. The summed E-state index contributed by atoms with van der Waals surface area (Å²) in [4.78, 5) is 23.6. The molecule has 1 aromatic carbocycles. The summed E-state index contributed by atoms with van der Waals surface area (Å²) in [5, 5.41) is 4.11. The Morgan fingerprint density at radius 2 is 2.19 bits per heavy atom. The van der Waals surface area contributed by atoms with E-state index in [0.717, 1.165) is 24.1 Å². The fourth-order valence-electron chi connectivity index (χ4n) is 2.90. The van der Waals surface area contributed by atoms with Gasteiger partial charge in [0.2, 0.25) is 0 Å². The normalized spacial score (nSPS) is 20.5. The molecule has 1 amide bonds. The van der Waals surface area contributed by atoms with Crippen LogP contribution >= 0.6 is 0 Å². The van der Waals surface area contributed by atoms with Crippen molar-refractivity contribution in [1.29, 1.82) is 0 Å². The van der Waals surface area contributed by atoms with E-state index in [1.807, 2.05) is 6.07 Å². The first-order valence-electron chi connectivity index (χ1n) is 7.34. The van der Waals surface area contributed by atoms with Gasteiger partial charge in [0.1, 0.15) is 5.92 Å². The summed E-state index contributed by atoms with van der Waals surface area (Å²) in [6.07, 6.45) is 3.70. The molecular formula is C16H18N2O3. The lowest BCUT2D eigenvalue weighted by atomic mass is 9.94. The minimum absolute atomic E-state index is 0.272. The van der Waals surface area contributed by atoms with Gasteiger partial charge in [0.15, 0.2) is 0 Å². The highest BCUT2D eigenvalue weighted by molar-refractivity contribution is 6.10. The number of carbonyl (C=O) groups is 2. The second-order valence-corrected chi connectivity index (χ2v) is 5.38. The maximum Gasteiger partial charge on any atom is 0.318 e. The molecule has 0 radical (unpaired) electrons. The Kier molecular flexibility index (Phi) is 3.73. The van der Waals surface area contributed by atoms with Crippen LogP contribution in [0.25, 0.3) is 0 Å². The Bertz CT molecular complexity index is 622. The van der Waals surface area contributed by atoms with Crippen LogP contribution in [-0.4, -0.2) is 24.2 Å². The van der Waals surface area contributed by atoms with Crippen LogP contribution in [0.2, 0.25) is 0 Å². The number of rotatable bonds is 3. The third kappa shape index (κ3) is 2.68. The van der Waals surface area contributed by atoms with Crippen molar-refractivity contribution < 1.29 is 14.3 Å². The van der Waals surface area contributed by atoms with Crippen LogP contribution in [0, 0.1) is 5.92 Å². The average molecular weight is 286 g/mol. The molecule has 0 fully saturated rings. The lowest BCUT2D eigenvalue weighted by Gasteiger charge is -2.20. The molecule has 5 heteroatoms. The second kappa shape index (κ2) is 5.68.